The molecule has 0 fully saturated rings. The standard InChI is InChI=1S/C5H10BrF2O2PS/c1-3-11(12,9-2)10-5(7,8)4-6/h3-4H2,1-2H3. The van der Waals surface area contributed by atoms with Crippen molar-refractivity contribution in [1.82, 2.24) is 0 Å². The summed E-state index contributed by atoms with van der Waals surface area (Å²) in [6.45, 7) is -1.10. The van der Waals surface area contributed by atoms with E-state index in [1.54, 1.807) is 6.92 Å². The fourth-order valence-corrected chi connectivity index (χ4v) is 2.01. The summed E-state index contributed by atoms with van der Waals surface area (Å²) < 4.78 is 34.4. The molecule has 0 saturated heterocycles. The Morgan fingerprint density at radius 2 is 2.08 bits per heavy atom. The highest BCUT2D eigenvalue weighted by molar-refractivity contribution is 9.09. The van der Waals surface area contributed by atoms with Crippen LogP contribution in [0, 0.1) is 0 Å². The van der Waals surface area contributed by atoms with Crippen LogP contribution in [0.3, 0.4) is 0 Å². The number of halogens is 3. The average Bonchev–Trinajstić information content (AvgIpc) is 2.04. The molecule has 74 valence electrons. The lowest BCUT2D eigenvalue weighted by atomic mass is 10.8. The molecule has 12 heavy (non-hydrogen) atoms. The van der Waals surface area contributed by atoms with E-state index in [4.69, 9.17) is 16.3 Å². The molecule has 0 aromatic rings. The van der Waals surface area contributed by atoms with Gasteiger partial charge in [0.2, 0.25) is 0 Å². The largest absolute Gasteiger partial charge is 0.370 e. The van der Waals surface area contributed by atoms with Crippen molar-refractivity contribution in [3.8, 4) is 0 Å². The van der Waals surface area contributed by atoms with E-state index >= 15 is 0 Å². The zero-order chi connectivity index (χ0) is 9.83. The van der Waals surface area contributed by atoms with Gasteiger partial charge in [0.05, 0.1) is 5.33 Å². The minimum absolute atomic E-state index is 0.293. The highest BCUT2D eigenvalue weighted by Gasteiger charge is 2.35. The van der Waals surface area contributed by atoms with Crippen LogP contribution in [0.4, 0.5) is 8.78 Å². The Labute approximate surface area is 83.9 Å². The Kier molecular flexibility index (Phi) is 5.33. The molecule has 7 heteroatoms. The third-order valence-electron chi connectivity index (χ3n) is 1.09. The maximum absolute atomic E-state index is 12.6. The van der Waals surface area contributed by atoms with Crippen LogP contribution >= 0.6 is 22.4 Å². The van der Waals surface area contributed by atoms with E-state index in [0.29, 0.717) is 6.16 Å². The molecule has 0 aromatic carbocycles. The van der Waals surface area contributed by atoms with Gasteiger partial charge in [0, 0.05) is 13.3 Å². The lowest BCUT2D eigenvalue weighted by molar-refractivity contribution is -0.153. The van der Waals surface area contributed by atoms with Crippen molar-refractivity contribution in [2.75, 3.05) is 18.6 Å². The summed E-state index contributed by atoms with van der Waals surface area (Å²) in [5.41, 5.74) is 0. The van der Waals surface area contributed by atoms with Crippen molar-refractivity contribution < 1.29 is 17.8 Å². The number of alkyl halides is 3. The van der Waals surface area contributed by atoms with Crippen molar-refractivity contribution in [2.45, 2.75) is 13.0 Å². The van der Waals surface area contributed by atoms with E-state index < -0.39 is 17.9 Å². The Hall–Kier alpha value is 0.910. The van der Waals surface area contributed by atoms with Gasteiger partial charge in [0.25, 0.3) is 0 Å². The van der Waals surface area contributed by atoms with Crippen molar-refractivity contribution in [2.24, 2.45) is 0 Å². The summed E-state index contributed by atoms with van der Waals surface area (Å²) in [5, 5.41) is -0.568. The number of hydrogen-bond acceptors (Lipinski definition) is 3. The second kappa shape index (κ2) is 4.96. The third kappa shape index (κ3) is 4.23. The van der Waals surface area contributed by atoms with Gasteiger partial charge in [-0.3, -0.25) is 4.52 Å². The molecule has 0 N–H and O–H groups in total. The second-order valence-electron chi connectivity index (χ2n) is 1.97. The molecule has 0 rings (SSSR count). The van der Waals surface area contributed by atoms with E-state index in [1.165, 1.54) is 7.11 Å². The van der Waals surface area contributed by atoms with Crippen LogP contribution in [0.1, 0.15) is 6.92 Å². The molecule has 1 atom stereocenters. The first-order chi connectivity index (χ1) is 5.39. The first kappa shape index (κ1) is 12.9. The monoisotopic (exact) mass is 282 g/mol. The molecule has 0 aromatic heterocycles. The van der Waals surface area contributed by atoms with E-state index in [-0.39, 0.29) is 0 Å². The SMILES string of the molecule is CCP(=S)(OC)OC(F)(F)CBr. The Bertz CT molecular complexity index is 182. The van der Waals surface area contributed by atoms with Crippen molar-refractivity contribution >= 4 is 34.2 Å². The zero-order valence-corrected chi connectivity index (χ0v) is 10.0. The first-order valence-electron chi connectivity index (χ1n) is 3.18. The van der Waals surface area contributed by atoms with Crippen molar-refractivity contribution in [3.63, 3.8) is 0 Å². The minimum Gasteiger partial charge on any atom is -0.333 e. The van der Waals surface area contributed by atoms with Crippen LogP contribution in [0.25, 0.3) is 0 Å². The molecule has 0 saturated carbocycles. The normalized spacial score (nSPS) is 17.4. The molecule has 0 bridgehead atoms. The maximum Gasteiger partial charge on any atom is 0.370 e. The molecule has 0 aliphatic heterocycles. The lowest BCUT2D eigenvalue weighted by Gasteiger charge is -2.23. The van der Waals surface area contributed by atoms with Crippen molar-refractivity contribution in [1.29, 1.82) is 0 Å². The molecule has 0 amide bonds. The second-order valence-corrected chi connectivity index (χ2v) is 6.60. The number of rotatable bonds is 5. The molecule has 2 nitrogen and oxygen atoms in total. The van der Waals surface area contributed by atoms with E-state index in [1.807, 2.05) is 0 Å². The summed E-state index contributed by atoms with van der Waals surface area (Å²) >= 11 is 7.41. The van der Waals surface area contributed by atoms with Gasteiger partial charge in [0.15, 0.2) is 6.49 Å². The Morgan fingerprint density at radius 1 is 1.58 bits per heavy atom. The third-order valence-corrected chi connectivity index (χ3v) is 5.07. The zero-order valence-electron chi connectivity index (χ0n) is 6.72. The topological polar surface area (TPSA) is 18.5 Å². The molecule has 0 spiro atoms. The Morgan fingerprint density at radius 3 is 2.33 bits per heavy atom. The van der Waals surface area contributed by atoms with Gasteiger partial charge in [-0.1, -0.05) is 22.9 Å². The smallest absolute Gasteiger partial charge is 0.333 e. The highest BCUT2D eigenvalue weighted by Crippen LogP contribution is 2.51. The molecule has 0 heterocycles. The summed E-state index contributed by atoms with van der Waals surface area (Å²) in [4.78, 5) is 0. The quantitative estimate of drug-likeness (QED) is 0.571. The predicted octanol–water partition coefficient (Wildman–Crippen LogP) is 2.97. The number of hydrogen-bond donors (Lipinski definition) is 0. The summed E-state index contributed by atoms with van der Waals surface area (Å²) in [6.07, 6.45) is -2.94. The molecular weight excluding hydrogens is 273 g/mol. The molecule has 0 radical (unpaired) electrons. The molecule has 1 unspecified atom stereocenters. The summed E-state index contributed by atoms with van der Waals surface area (Å²) in [7, 11) is 1.29. The average molecular weight is 283 g/mol. The van der Waals surface area contributed by atoms with Gasteiger partial charge in [-0.15, -0.1) is 0 Å². The fraction of sp³-hybridized carbons (Fsp3) is 1.00. The van der Waals surface area contributed by atoms with Crippen LogP contribution < -0.4 is 0 Å². The van der Waals surface area contributed by atoms with Gasteiger partial charge in [0.1, 0.15) is 0 Å². The van der Waals surface area contributed by atoms with Crippen molar-refractivity contribution in [3.05, 3.63) is 0 Å². The van der Waals surface area contributed by atoms with Gasteiger partial charge in [-0.25, -0.2) is 0 Å². The molecule has 0 aliphatic carbocycles. The molecular formula is C5H10BrF2O2PS. The lowest BCUT2D eigenvalue weighted by Crippen LogP contribution is -2.21. The van der Waals surface area contributed by atoms with Gasteiger partial charge < -0.3 is 4.52 Å². The fourth-order valence-electron chi connectivity index (χ4n) is 0.459. The van der Waals surface area contributed by atoms with Crippen LogP contribution in [0.15, 0.2) is 0 Å². The maximum atomic E-state index is 12.6. The van der Waals surface area contributed by atoms with Crippen LogP contribution in [0.5, 0.6) is 0 Å². The van der Waals surface area contributed by atoms with Gasteiger partial charge in [-0.05, 0) is 11.8 Å². The van der Waals surface area contributed by atoms with E-state index in [2.05, 4.69) is 20.5 Å². The minimum atomic E-state index is -3.23. The molecule has 0 aliphatic rings. The van der Waals surface area contributed by atoms with E-state index in [9.17, 15) is 8.78 Å². The summed E-state index contributed by atoms with van der Waals surface area (Å²) in [5.74, 6) is 0. The summed E-state index contributed by atoms with van der Waals surface area (Å²) in [6, 6.07) is 0. The van der Waals surface area contributed by atoms with E-state index in [0.717, 1.165) is 0 Å². The first-order valence-corrected chi connectivity index (χ1v) is 7.13. The van der Waals surface area contributed by atoms with Gasteiger partial charge in [-0.2, -0.15) is 8.78 Å². The van der Waals surface area contributed by atoms with Crippen LogP contribution in [0.2, 0.25) is 0 Å². The highest BCUT2D eigenvalue weighted by atomic mass is 79.9. The predicted molar refractivity (Wildman–Crippen MR) is 51.7 cm³/mol. The van der Waals surface area contributed by atoms with Gasteiger partial charge >= 0.3 is 6.11 Å². The Balaban J connectivity index is 4.31. The van der Waals surface area contributed by atoms with Crippen LogP contribution in [-0.4, -0.2) is 24.7 Å². The van der Waals surface area contributed by atoms with Crippen LogP contribution in [-0.2, 0) is 20.9 Å².